The van der Waals surface area contributed by atoms with Crippen LogP contribution in [0, 0.1) is 5.92 Å². The zero-order valence-corrected chi connectivity index (χ0v) is 12.2. The van der Waals surface area contributed by atoms with Gasteiger partial charge in [0.2, 0.25) is 0 Å². The Hall–Kier alpha value is -0.570. The second-order valence-electron chi connectivity index (χ2n) is 4.49. The molecule has 1 unspecified atom stereocenters. The Morgan fingerprint density at radius 2 is 2.17 bits per heavy atom. The minimum atomic E-state index is 0.606. The predicted molar refractivity (Wildman–Crippen MR) is 78.3 cm³/mol. The highest BCUT2D eigenvalue weighted by atomic mass is 35.5. The van der Waals surface area contributed by atoms with E-state index in [1.165, 1.54) is 5.56 Å². The number of hydrogen-bond donors (Lipinski definition) is 1. The molecule has 0 amide bonds. The molecule has 2 nitrogen and oxygen atoms in total. The number of ether oxygens (including phenoxy) is 1. The van der Waals surface area contributed by atoms with Gasteiger partial charge in [-0.2, -0.15) is 0 Å². The van der Waals surface area contributed by atoms with Crippen LogP contribution >= 0.6 is 11.6 Å². The largest absolute Gasteiger partial charge is 0.382 e. The topological polar surface area (TPSA) is 21.3 Å². The average molecular weight is 270 g/mol. The van der Waals surface area contributed by atoms with Gasteiger partial charge in [0, 0.05) is 18.2 Å². The first-order chi connectivity index (χ1) is 8.76. The van der Waals surface area contributed by atoms with Crippen molar-refractivity contribution in [1.29, 1.82) is 0 Å². The summed E-state index contributed by atoms with van der Waals surface area (Å²) in [7, 11) is 0. The molecule has 0 radical (unpaired) electrons. The minimum absolute atomic E-state index is 0.606. The highest BCUT2D eigenvalue weighted by Crippen LogP contribution is 2.16. The summed E-state index contributed by atoms with van der Waals surface area (Å²) in [5, 5.41) is 4.24. The molecule has 1 N–H and O–H groups in total. The van der Waals surface area contributed by atoms with Crippen molar-refractivity contribution in [2.24, 2.45) is 5.92 Å². The van der Waals surface area contributed by atoms with Crippen LogP contribution in [-0.4, -0.2) is 26.3 Å². The van der Waals surface area contributed by atoms with Crippen molar-refractivity contribution >= 4 is 11.6 Å². The highest BCUT2D eigenvalue weighted by molar-refractivity contribution is 6.30. The summed E-state index contributed by atoms with van der Waals surface area (Å²) in [4.78, 5) is 0. The SMILES string of the molecule is CCNCC(CCOCC)Cc1cccc(Cl)c1. The molecule has 0 heterocycles. The zero-order valence-electron chi connectivity index (χ0n) is 11.4. The van der Waals surface area contributed by atoms with Crippen LogP contribution < -0.4 is 5.32 Å². The number of benzene rings is 1. The quantitative estimate of drug-likeness (QED) is 0.693. The van der Waals surface area contributed by atoms with Crippen LogP contribution in [0.1, 0.15) is 25.8 Å². The summed E-state index contributed by atoms with van der Waals surface area (Å²) in [6, 6.07) is 8.14. The maximum atomic E-state index is 6.02. The Morgan fingerprint density at radius 3 is 2.83 bits per heavy atom. The van der Waals surface area contributed by atoms with Crippen LogP contribution in [0.15, 0.2) is 24.3 Å². The molecule has 0 aliphatic rings. The van der Waals surface area contributed by atoms with E-state index in [4.69, 9.17) is 16.3 Å². The maximum Gasteiger partial charge on any atom is 0.0469 e. The highest BCUT2D eigenvalue weighted by Gasteiger charge is 2.09. The summed E-state index contributed by atoms with van der Waals surface area (Å²) in [5.41, 5.74) is 1.31. The Labute approximate surface area is 116 Å². The standard InChI is InChI=1S/C15H24ClNO/c1-3-17-12-14(8-9-18-4-2)10-13-6-5-7-15(16)11-13/h5-7,11,14,17H,3-4,8-10,12H2,1-2H3. The van der Waals surface area contributed by atoms with E-state index in [2.05, 4.69) is 24.4 Å². The molecule has 1 atom stereocenters. The molecular formula is C15H24ClNO. The fraction of sp³-hybridized carbons (Fsp3) is 0.600. The van der Waals surface area contributed by atoms with Crippen molar-refractivity contribution in [3.63, 3.8) is 0 Å². The van der Waals surface area contributed by atoms with E-state index in [1.54, 1.807) is 0 Å². The smallest absolute Gasteiger partial charge is 0.0469 e. The van der Waals surface area contributed by atoms with Gasteiger partial charge in [0.05, 0.1) is 0 Å². The van der Waals surface area contributed by atoms with Crippen LogP contribution in [0.25, 0.3) is 0 Å². The fourth-order valence-electron chi connectivity index (χ4n) is 2.02. The van der Waals surface area contributed by atoms with Gasteiger partial charge in [0.25, 0.3) is 0 Å². The van der Waals surface area contributed by atoms with Crippen LogP contribution in [-0.2, 0) is 11.2 Å². The van der Waals surface area contributed by atoms with Gasteiger partial charge >= 0.3 is 0 Å². The second kappa shape index (κ2) is 9.37. The minimum Gasteiger partial charge on any atom is -0.382 e. The van der Waals surface area contributed by atoms with Gasteiger partial charge in [0.15, 0.2) is 0 Å². The molecule has 0 aliphatic heterocycles. The zero-order chi connectivity index (χ0) is 13.2. The summed E-state index contributed by atoms with van der Waals surface area (Å²) < 4.78 is 5.45. The van der Waals surface area contributed by atoms with E-state index < -0.39 is 0 Å². The molecule has 0 aliphatic carbocycles. The van der Waals surface area contributed by atoms with Crippen molar-refractivity contribution in [3.05, 3.63) is 34.9 Å². The van der Waals surface area contributed by atoms with Gasteiger partial charge in [-0.05, 0) is 56.5 Å². The monoisotopic (exact) mass is 269 g/mol. The predicted octanol–water partition coefficient (Wildman–Crippen LogP) is 3.53. The Bertz CT molecular complexity index is 330. The van der Waals surface area contributed by atoms with Gasteiger partial charge < -0.3 is 10.1 Å². The van der Waals surface area contributed by atoms with E-state index >= 15 is 0 Å². The summed E-state index contributed by atoms with van der Waals surface area (Å²) in [5.74, 6) is 0.606. The second-order valence-corrected chi connectivity index (χ2v) is 4.93. The molecule has 1 aromatic carbocycles. The Balaban J connectivity index is 2.48. The molecule has 0 bridgehead atoms. The number of hydrogen-bond acceptors (Lipinski definition) is 2. The lowest BCUT2D eigenvalue weighted by molar-refractivity contribution is 0.131. The van der Waals surface area contributed by atoms with E-state index in [0.717, 1.165) is 44.2 Å². The molecular weight excluding hydrogens is 246 g/mol. The molecule has 18 heavy (non-hydrogen) atoms. The lowest BCUT2D eigenvalue weighted by Gasteiger charge is -2.17. The normalized spacial score (nSPS) is 12.6. The molecule has 3 heteroatoms. The van der Waals surface area contributed by atoms with E-state index in [0.29, 0.717) is 5.92 Å². The van der Waals surface area contributed by atoms with E-state index in [9.17, 15) is 0 Å². The lowest BCUT2D eigenvalue weighted by Crippen LogP contribution is -2.25. The third-order valence-electron chi connectivity index (χ3n) is 2.97. The Kier molecular flexibility index (Phi) is 8.06. The average Bonchev–Trinajstić information content (AvgIpc) is 2.36. The molecule has 0 saturated heterocycles. The van der Waals surface area contributed by atoms with Crippen LogP contribution in [0.5, 0.6) is 0 Å². The Morgan fingerprint density at radius 1 is 1.33 bits per heavy atom. The molecule has 0 spiro atoms. The molecule has 102 valence electrons. The molecule has 1 aromatic rings. The van der Waals surface area contributed by atoms with Crippen molar-refractivity contribution in [2.75, 3.05) is 26.3 Å². The first-order valence-electron chi connectivity index (χ1n) is 6.79. The van der Waals surface area contributed by atoms with Crippen molar-refractivity contribution < 1.29 is 4.74 Å². The maximum absolute atomic E-state index is 6.02. The lowest BCUT2D eigenvalue weighted by atomic mass is 9.96. The summed E-state index contributed by atoms with van der Waals surface area (Å²) in [6.45, 7) is 7.87. The molecule has 0 aromatic heterocycles. The van der Waals surface area contributed by atoms with Crippen LogP contribution in [0.3, 0.4) is 0 Å². The van der Waals surface area contributed by atoms with Crippen molar-refractivity contribution in [3.8, 4) is 0 Å². The van der Waals surface area contributed by atoms with Crippen molar-refractivity contribution in [2.45, 2.75) is 26.7 Å². The number of halogens is 1. The van der Waals surface area contributed by atoms with Gasteiger partial charge in [-0.3, -0.25) is 0 Å². The molecule has 0 saturated carbocycles. The summed E-state index contributed by atoms with van der Waals surface area (Å²) in [6.07, 6.45) is 2.15. The van der Waals surface area contributed by atoms with Gasteiger partial charge in [0.1, 0.15) is 0 Å². The van der Waals surface area contributed by atoms with Gasteiger partial charge in [-0.1, -0.05) is 30.7 Å². The van der Waals surface area contributed by atoms with Crippen molar-refractivity contribution in [1.82, 2.24) is 5.32 Å². The van der Waals surface area contributed by atoms with E-state index in [1.807, 2.05) is 19.1 Å². The van der Waals surface area contributed by atoms with Gasteiger partial charge in [-0.25, -0.2) is 0 Å². The van der Waals surface area contributed by atoms with E-state index in [-0.39, 0.29) is 0 Å². The first kappa shape index (κ1) is 15.5. The summed E-state index contributed by atoms with van der Waals surface area (Å²) >= 11 is 6.02. The molecule has 1 rings (SSSR count). The van der Waals surface area contributed by atoms with Crippen LogP contribution in [0.2, 0.25) is 5.02 Å². The fourth-order valence-corrected chi connectivity index (χ4v) is 2.23. The number of nitrogens with one attached hydrogen (secondary N) is 1. The third kappa shape index (κ3) is 6.39. The first-order valence-corrected chi connectivity index (χ1v) is 7.17. The molecule has 0 fully saturated rings. The van der Waals surface area contributed by atoms with Crippen LogP contribution in [0.4, 0.5) is 0 Å². The number of rotatable bonds is 9. The third-order valence-corrected chi connectivity index (χ3v) is 3.21. The van der Waals surface area contributed by atoms with Gasteiger partial charge in [-0.15, -0.1) is 0 Å².